The van der Waals surface area contributed by atoms with E-state index in [-0.39, 0.29) is 6.10 Å². The molecule has 3 N–H and O–H groups in total. The van der Waals surface area contributed by atoms with E-state index in [1.165, 1.54) is 10.8 Å². The molecule has 1 aromatic rings. The Kier molecular flexibility index (Phi) is 3.61. The van der Waals surface area contributed by atoms with Gasteiger partial charge in [0, 0.05) is 22.9 Å². The number of anilines is 1. The van der Waals surface area contributed by atoms with Crippen molar-refractivity contribution >= 4 is 17.0 Å². The molecule has 3 heteroatoms. The molecule has 1 aliphatic carbocycles. The summed E-state index contributed by atoms with van der Waals surface area (Å²) in [6, 6.07) is 6.10. The lowest BCUT2D eigenvalue weighted by molar-refractivity contribution is 0.242. The average Bonchev–Trinajstić information content (AvgIpc) is 2.47. The van der Waals surface area contributed by atoms with Gasteiger partial charge >= 0.3 is 0 Å². The van der Waals surface area contributed by atoms with Crippen LogP contribution in [0.1, 0.15) is 12.8 Å². The standard InChI is InChI=1S/C17H20N2O/c1-19-10-4-7-17-15-11-12(18)8-9-13(15)14-5-2-3-6-16(14)20-17/h2-3,5-6,8-9,11,16,19H,4,7,10,18H2,1H3. The van der Waals surface area contributed by atoms with Crippen LogP contribution in [0.5, 0.6) is 0 Å². The highest BCUT2D eigenvalue weighted by atomic mass is 16.5. The van der Waals surface area contributed by atoms with Crippen molar-refractivity contribution in [2.75, 3.05) is 19.3 Å². The molecular weight excluding hydrogens is 248 g/mol. The van der Waals surface area contributed by atoms with E-state index >= 15 is 0 Å². The Bertz CT molecular complexity index is 685. The van der Waals surface area contributed by atoms with Gasteiger partial charge in [-0.25, -0.2) is 0 Å². The summed E-state index contributed by atoms with van der Waals surface area (Å²) in [5, 5.41) is 5.57. The van der Waals surface area contributed by atoms with Crippen LogP contribution in [0.3, 0.4) is 0 Å². The molecule has 0 saturated heterocycles. The molecule has 1 aromatic carbocycles. The van der Waals surface area contributed by atoms with Crippen LogP contribution >= 0.6 is 0 Å². The molecule has 0 aromatic heterocycles. The normalized spacial score (nSPS) is 19.6. The Morgan fingerprint density at radius 2 is 2.15 bits per heavy atom. The van der Waals surface area contributed by atoms with Crippen molar-refractivity contribution in [1.29, 1.82) is 0 Å². The van der Waals surface area contributed by atoms with Crippen molar-refractivity contribution in [3.63, 3.8) is 0 Å². The first-order valence-electron chi connectivity index (χ1n) is 7.08. The van der Waals surface area contributed by atoms with Crippen LogP contribution in [-0.2, 0) is 4.74 Å². The summed E-state index contributed by atoms with van der Waals surface area (Å²) in [5.41, 5.74) is 7.95. The highest BCUT2D eigenvalue weighted by Crippen LogP contribution is 2.22. The first-order chi connectivity index (χ1) is 9.79. The van der Waals surface area contributed by atoms with Crippen molar-refractivity contribution < 1.29 is 4.74 Å². The quantitative estimate of drug-likeness (QED) is 0.634. The van der Waals surface area contributed by atoms with E-state index in [0.29, 0.717) is 0 Å². The first kappa shape index (κ1) is 13.0. The number of nitrogens with one attached hydrogen (secondary N) is 1. The zero-order valence-electron chi connectivity index (χ0n) is 11.7. The van der Waals surface area contributed by atoms with Gasteiger partial charge in [-0.2, -0.15) is 0 Å². The maximum Gasteiger partial charge on any atom is 0.142 e. The number of nitrogens with two attached hydrogens (primary N) is 1. The molecule has 1 atom stereocenters. The number of hydrogen-bond donors (Lipinski definition) is 2. The van der Waals surface area contributed by atoms with Crippen molar-refractivity contribution in [1.82, 2.24) is 5.32 Å². The van der Waals surface area contributed by atoms with Gasteiger partial charge in [-0.1, -0.05) is 24.3 Å². The van der Waals surface area contributed by atoms with Gasteiger partial charge in [0.15, 0.2) is 0 Å². The Hall–Kier alpha value is -2.00. The Balaban J connectivity index is 2.13. The van der Waals surface area contributed by atoms with Gasteiger partial charge in [-0.15, -0.1) is 0 Å². The van der Waals surface area contributed by atoms with E-state index in [1.54, 1.807) is 0 Å². The Morgan fingerprint density at radius 1 is 1.25 bits per heavy atom. The van der Waals surface area contributed by atoms with Crippen LogP contribution in [0.4, 0.5) is 5.69 Å². The number of benzene rings is 1. The highest BCUT2D eigenvalue weighted by Gasteiger charge is 2.20. The van der Waals surface area contributed by atoms with Crippen LogP contribution in [0.2, 0.25) is 0 Å². The van der Waals surface area contributed by atoms with Gasteiger partial charge in [0.05, 0.1) is 0 Å². The monoisotopic (exact) mass is 268 g/mol. The Morgan fingerprint density at radius 3 is 3.00 bits per heavy atom. The second-order valence-corrected chi connectivity index (χ2v) is 5.17. The molecule has 3 nitrogen and oxygen atoms in total. The lowest BCUT2D eigenvalue weighted by atomic mass is 9.97. The van der Waals surface area contributed by atoms with E-state index in [2.05, 4.69) is 29.6 Å². The van der Waals surface area contributed by atoms with Gasteiger partial charge in [0.2, 0.25) is 0 Å². The lowest BCUT2D eigenvalue weighted by Gasteiger charge is -2.25. The molecule has 1 unspecified atom stereocenters. The topological polar surface area (TPSA) is 47.3 Å². The smallest absolute Gasteiger partial charge is 0.142 e. The third-order valence-corrected chi connectivity index (χ3v) is 3.73. The molecule has 1 aliphatic heterocycles. The number of rotatable bonds is 4. The van der Waals surface area contributed by atoms with Crippen molar-refractivity contribution in [3.8, 4) is 0 Å². The molecule has 1 heterocycles. The molecule has 20 heavy (non-hydrogen) atoms. The molecule has 3 rings (SSSR count). The number of allylic oxidation sites excluding steroid dienone is 2. The molecule has 2 aliphatic rings. The van der Waals surface area contributed by atoms with E-state index in [4.69, 9.17) is 10.5 Å². The minimum atomic E-state index is 0.0423. The summed E-state index contributed by atoms with van der Waals surface area (Å²) in [6.07, 6.45) is 10.4. The largest absolute Gasteiger partial charge is 0.485 e. The molecule has 104 valence electrons. The van der Waals surface area contributed by atoms with E-state index in [9.17, 15) is 0 Å². The number of fused-ring (bicyclic) bond motifs is 2. The minimum absolute atomic E-state index is 0.0423. The summed E-state index contributed by atoms with van der Waals surface area (Å²) in [4.78, 5) is 0. The molecule has 0 fully saturated rings. The van der Waals surface area contributed by atoms with Gasteiger partial charge in [0.1, 0.15) is 11.9 Å². The van der Waals surface area contributed by atoms with Crippen molar-refractivity contribution in [2.24, 2.45) is 0 Å². The zero-order chi connectivity index (χ0) is 13.9. The average molecular weight is 268 g/mol. The highest BCUT2D eigenvalue weighted by molar-refractivity contribution is 5.69. The summed E-state index contributed by atoms with van der Waals surface area (Å²) in [7, 11) is 1.97. The zero-order valence-corrected chi connectivity index (χ0v) is 11.7. The number of hydrogen-bond acceptors (Lipinski definition) is 3. The summed E-state index contributed by atoms with van der Waals surface area (Å²) >= 11 is 0. The number of nitrogen functional groups attached to an aromatic ring is 1. The van der Waals surface area contributed by atoms with Gasteiger partial charge in [-0.3, -0.25) is 0 Å². The number of ether oxygens (including phenoxy) is 1. The second-order valence-electron chi connectivity index (χ2n) is 5.17. The van der Waals surface area contributed by atoms with Crippen LogP contribution in [0.25, 0.3) is 11.3 Å². The fourth-order valence-electron chi connectivity index (χ4n) is 2.75. The van der Waals surface area contributed by atoms with Gasteiger partial charge in [-0.05, 0) is 43.4 Å². The fraction of sp³-hybridized carbons (Fsp3) is 0.294. The predicted molar refractivity (Wildman–Crippen MR) is 83.2 cm³/mol. The Labute approximate surface area is 119 Å². The van der Waals surface area contributed by atoms with E-state index in [1.807, 2.05) is 25.3 Å². The lowest BCUT2D eigenvalue weighted by Crippen LogP contribution is -2.38. The molecule has 0 saturated carbocycles. The SMILES string of the molecule is CNCCCC1=c2cc(N)ccc2=C2C=CC=CC2O1. The molecular formula is C17H20N2O. The molecule has 0 radical (unpaired) electrons. The van der Waals surface area contributed by atoms with Crippen LogP contribution in [0.15, 0.2) is 42.5 Å². The summed E-state index contributed by atoms with van der Waals surface area (Å²) < 4.78 is 6.18. The van der Waals surface area contributed by atoms with Crippen molar-refractivity contribution in [2.45, 2.75) is 18.9 Å². The molecule has 0 bridgehead atoms. The van der Waals surface area contributed by atoms with E-state index < -0.39 is 0 Å². The minimum Gasteiger partial charge on any atom is -0.485 e. The first-order valence-corrected chi connectivity index (χ1v) is 7.08. The second kappa shape index (κ2) is 5.55. The fourth-order valence-corrected chi connectivity index (χ4v) is 2.75. The van der Waals surface area contributed by atoms with Crippen LogP contribution in [-0.4, -0.2) is 19.7 Å². The third kappa shape index (κ3) is 2.37. The van der Waals surface area contributed by atoms with Gasteiger partial charge in [0.25, 0.3) is 0 Å². The third-order valence-electron chi connectivity index (χ3n) is 3.73. The predicted octanol–water partition coefficient (Wildman–Crippen LogP) is 1.05. The molecule has 0 amide bonds. The maximum absolute atomic E-state index is 6.18. The summed E-state index contributed by atoms with van der Waals surface area (Å²) in [5.74, 6) is 1.05. The van der Waals surface area contributed by atoms with E-state index in [0.717, 1.165) is 36.1 Å². The van der Waals surface area contributed by atoms with Crippen molar-refractivity contribution in [3.05, 3.63) is 52.9 Å². The molecule has 0 spiro atoms. The van der Waals surface area contributed by atoms with Crippen LogP contribution < -0.4 is 21.5 Å². The summed E-state index contributed by atoms with van der Waals surface area (Å²) in [6.45, 7) is 0.988. The maximum atomic E-state index is 6.18. The van der Waals surface area contributed by atoms with Crippen LogP contribution in [0, 0.1) is 0 Å². The van der Waals surface area contributed by atoms with Gasteiger partial charge < -0.3 is 15.8 Å².